The summed E-state index contributed by atoms with van der Waals surface area (Å²) in [5.41, 5.74) is 1.22. The Labute approximate surface area is 159 Å². The summed E-state index contributed by atoms with van der Waals surface area (Å²) in [6, 6.07) is 13.6. The maximum atomic E-state index is 13.4. The second-order valence-electron chi connectivity index (χ2n) is 8.09. The first-order valence-electron chi connectivity index (χ1n) is 9.58. The van der Waals surface area contributed by atoms with Crippen molar-refractivity contribution < 1.29 is 12.8 Å². The van der Waals surface area contributed by atoms with Crippen LogP contribution in [0.1, 0.15) is 30.4 Å². The normalized spacial score (nSPS) is 27.3. The Morgan fingerprint density at radius 1 is 1.07 bits per heavy atom. The highest BCUT2D eigenvalue weighted by atomic mass is 32.2. The lowest BCUT2D eigenvalue weighted by Gasteiger charge is -2.34. The lowest BCUT2D eigenvalue weighted by Crippen LogP contribution is -2.45. The molecule has 5 rings (SSSR count). The zero-order chi connectivity index (χ0) is 18.6. The third-order valence-electron chi connectivity index (χ3n) is 6.21. The summed E-state index contributed by atoms with van der Waals surface area (Å²) < 4.78 is 41.8. The van der Waals surface area contributed by atoms with Crippen molar-refractivity contribution in [2.45, 2.75) is 36.2 Å². The Hall–Kier alpha value is -1.76. The molecule has 2 aliphatic heterocycles. The van der Waals surface area contributed by atoms with E-state index in [9.17, 15) is 12.8 Å². The minimum absolute atomic E-state index is 0.272. The van der Waals surface area contributed by atoms with Crippen LogP contribution in [0.25, 0.3) is 0 Å². The van der Waals surface area contributed by atoms with Crippen LogP contribution in [0.5, 0.6) is 0 Å². The second-order valence-corrected chi connectivity index (χ2v) is 9.93. The standard InChI is InChI=1S/C21H23FN2O2S/c22-18-9-7-17(8-10-18)14-24-21(11-12-23(15-21)13-16-5-6-16)19-3-1-2-4-20(19)27(24,25)26/h1-4,7-10,16H,5-6,11-15H2/t21-/m1/s1. The molecular weight excluding hydrogens is 363 g/mol. The maximum absolute atomic E-state index is 13.4. The fourth-order valence-corrected chi connectivity index (χ4v) is 6.72. The van der Waals surface area contributed by atoms with E-state index in [2.05, 4.69) is 4.90 Å². The van der Waals surface area contributed by atoms with Crippen LogP contribution in [0.4, 0.5) is 4.39 Å². The van der Waals surface area contributed by atoms with Gasteiger partial charge >= 0.3 is 0 Å². The van der Waals surface area contributed by atoms with Gasteiger partial charge in [-0.25, -0.2) is 12.8 Å². The number of rotatable bonds is 4. The van der Waals surface area contributed by atoms with Gasteiger partial charge in [0.05, 0.1) is 10.4 Å². The van der Waals surface area contributed by atoms with E-state index >= 15 is 0 Å². The highest BCUT2D eigenvalue weighted by molar-refractivity contribution is 7.89. The first kappa shape index (κ1) is 17.3. The third-order valence-corrected chi connectivity index (χ3v) is 8.18. The van der Waals surface area contributed by atoms with Crippen molar-refractivity contribution in [2.75, 3.05) is 19.6 Å². The minimum Gasteiger partial charge on any atom is -0.301 e. The van der Waals surface area contributed by atoms with E-state index in [1.165, 1.54) is 25.0 Å². The fourth-order valence-electron chi connectivity index (χ4n) is 4.67. The van der Waals surface area contributed by atoms with Gasteiger partial charge in [-0.3, -0.25) is 0 Å². The number of likely N-dealkylation sites (tertiary alicyclic amines) is 1. The molecule has 2 aromatic rings. The van der Waals surface area contributed by atoms with E-state index in [-0.39, 0.29) is 12.4 Å². The summed E-state index contributed by atoms with van der Waals surface area (Å²) in [6.45, 7) is 2.99. The van der Waals surface area contributed by atoms with Gasteiger partial charge in [0.15, 0.2) is 0 Å². The third kappa shape index (κ3) is 2.82. The molecular formula is C21H23FN2O2S. The number of nitrogens with zero attached hydrogens (tertiary/aromatic N) is 2. The van der Waals surface area contributed by atoms with Crippen molar-refractivity contribution in [2.24, 2.45) is 5.92 Å². The van der Waals surface area contributed by atoms with E-state index in [0.29, 0.717) is 4.90 Å². The summed E-state index contributed by atoms with van der Waals surface area (Å²) >= 11 is 0. The molecule has 1 atom stereocenters. The van der Waals surface area contributed by atoms with E-state index in [1.54, 1.807) is 28.6 Å². The Morgan fingerprint density at radius 2 is 1.81 bits per heavy atom. The van der Waals surface area contributed by atoms with Crippen LogP contribution in [0.2, 0.25) is 0 Å². The summed E-state index contributed by atoms with van der Waals surface area (Å²) in [5, 5.41) is 0. The highest BCUT2D eigenvalue weighted by Gasteiger charge is 2.56. The maximum Gasteiger partial charge on any atom is 0.244 e. The van der Waals surface area contributed by atoms with Gasteiger partial charge in [0.25, 0.3) is 0 Å². The fraction of sp³-hybridized carbons (Fsp3) is 0.429. The molecule has 3 aliphatic rings. The molecule has 2 aromatic carbocycles. The van der Waals surface area contributed by atoms with Crippen molar-refractivity contribution in [1.82, 2.24) is 9.21 Å². The number of benzene rings is 2. The molecule has 27 heavy (non-hydrogen) atoms. The van der Waals surface area contributed by atoms with Gasteiger partial charge in [-0.1, -0.05) is 30.3 Å². The molecule has 2 fully saturated rings. The first-order chi connectivity index (χ1) is 13.0. The van der Waals surface area contributed by atoms with Gasteiger partial charge in [-0.15, -0.1) is 0 Å². The topological polar surface area (TPSA) is 40.6 Å². The van der Waals surface area contributed by atoms with Crippen LogP contribution in [-0.2, 0) is 22.1 Å². The Morgan fingerprint density at radius 3 is 2.56 bits per heavy atom. The van der Waals surface area contributed by atoms with Gasteiger partial charge in [0.1, 0.15) is 5.82 Å². The minimum atomic E-state index is -3.57. The number of hydrogen-bond donors (Lipinski definition) is 0. The second kappa shape index (κ2) is 6.12. The van der Waals surface area contributed by atoms with Crippen LogP contribution in [0.3, 0.4) is 0 Å². The molecule has 0 radical (unpaired) electrons. The smallest absolute Gasteiger partial charge is 0.244 e. The molecule has 0 bridgehead atoms. The zero-order valence-corrected chi connectivity index (χ0v) is 16.0. The van der Waals surface area contributed by atoms with Gasteiger partial charge in [0, 0.05) is 26.2 Å². The Kier molecular flexibility index (Phi) is 3.93. The van der Waals surface area contributed by atoms with Crippen LogP contribution >= 0.6 is 0 Å². The molecule has 1 saturated carbocycles. The van der Waals surface area contributed by atoms with Crippen molar-refractivity contribution in [3.8, 4) is 0 Å². The molecule has 1 saturated heterocycles. The molecule has 0 N–H and O–H groups in total. The Bertz CT molecular complexity index is 972. The van der Waals surface area contributed by atoms with Crippen LogP contribution in [-0.4, -0.2) is 37.3 Å². The predicted molar refractivity (Wildman–Crippen MR) is 101 cm³/mol. The summed E-state index contributed by atoms with van der Waals surface area (Å²) in [6.07, 6.45) is 3.38. The number of hydrogen-bond acceptors (Lipinski definition) is 3. The molecule has 0 amide bonds. The van der Waals surface area contributed by atoms with Crippen molar-refractivity contribution in [1.29, 1.82) is 0 Å². The molecule has 4 nitrogen and oxygen atoms in total. The first-order valence-corrected chi connectivity index (χ1v) is 11.0. The van der Waals surface area contributed by atoms with E-state index in [1.807, 2.05) is 12.1 Å². The molecule has 1 spiro atoms. The van der Waals surface area contributed by atoms with E-state index < -0.39 is 15.6 Å². The summed E-state index contributed by atoms with van der Waals surface area (Å²) in [7, 11) is -3.57. The number of sulfonamides is 1. The van der Waals surface area contributed by atoms with E-state index in [4.69, 9.17) is 0 Å². The predicted octanol–water partition coefficient (Wildman–Crippen LogP) is 3.34. The van der Waals surface area contributed by atoms with Crippen LogP contribution in [0, 0.1) is 11.7 Å². The zero-order valence-electron chi connectivity index (χ0n) is 15.1. The number of halogens is 1. The lowest BCUT2D eigenvalue weighted by molar-refractivity contribution is 0.184. The highest BCUT2D eigenvalue weighted by Crippen LogP contribution is 2.50. The molecule has 6 heteroatoms. The molecule has 0 unspecified atom stereocenters. The van der Waals surface area contributed by atoms with Crippen molar-refractivity contribution >= 4 is 10.0 Å². The Balaban J connectivity index is 1.55. The summed E-state index contributed by atoms with van der Waals surface area (Å²) in [4.78, 5) is 2.85. The van der Waals surface area contributed by atoms with Crippen molar-refractivity contribution in [3.05, 3.63) is 65.5 Å². The van der Waals surface area contributed by atoms with Crippen LogP contribution < -0.4 is 0 Å². The molecule has 2 heterocycles. The van der Waals surface area contributed by atoms with Gasteiger partial charge < -0.3 is 4.90 Å². The SMILES string of the molecule is O=S1(=O)c2ccccc2[C@]2(CCN(CC3CC3)C2)N1Cc1ccc(F)cc1. The molecule has 1 aliphatic carbocycles. The number of fused-ring (bicyclic) bond motifs is 2. The summed E-state index contributed by atoms with van der Waals surface area (Å²) in [5.74, 6) is 0.469. The average molecular weight is 386 g/mol. The van der Waals surface area contributed by atoms with Crippen LogP contribution in [0.15, 0.2) is 53.4 Å². The largest absolute Gasteiger partial charge is 0.301 e. The quantitative estimate of drug-likeness (QED) is 0.809. The van der Waals surface area contributed by atoms with Gasteiger partial charge in [-0.2, -0.15) is 4.31 Å². The molecule has 0 aromatic heterocycles. The van der Waals surface area contributed by atoms with Crippen molar-refractivity contribution in [3.63, 3.8) is 0 Å². The monoisotopic (exact) mass is 386 g/mol. The average Bonchev–Trinajstić information content (AvgIpc) is 3.34. The van der Waals surface area contributed by atoms with Gasteiger partial charge in [-0.05, 0) is 54.5 Å². The lowest BCUT2D eigenvalue weighted by atomic mass is 9.88. The van der Waals surface area contributed by atoms with Gasteiger partial charge in [0.2, 0.25) is 10.0 Å². The van der Waals surface area contributed by atoms with E-state index in [0.717, 1.165) is 43.1 Å². The molecule has 142 valence electrons.